The maximum Gasteiger partial charge on any atom is 0.141 e. The molecule has 5 nitrogen and oxygen atoms in total. The highest BCUT2D eigenvalue weighted by Crippen LogP contribution is 2.23. The van der Waals surface area contributed by atoms with E-state index in [0.717, 1.165) is 17.1 Å². The molecule has 2 rings (SSSR count). The molecule has 112 valence electrons. The van der Waals surface area contributed by atoms with Gasteiger partial charge in [0.1, 0.15) is 17.4 Å². The van der Waals surface area contributed by atoms with Crippen LogP contribution in [0.25, 0.3) is 0 Å². The van der Waals surface area contributed by atoms with E-state index in [1.807, 2.05) is 56.3 Å². The van der Waals surface area contributed by atoms with Gasteiger partial charge in [0.05, 0.1) is 6.04 Å². The zero-order chi connectivity index (χ0) is 15.2. The van der Waals surface area contributed by atoms with Crippen LogP contribution in [0.3, 0.4) is 0 Å². The number of oxime groups is 1. The summed E-state index contributed by atoms with van der Waals surface area (Å²) in [5.41, 5.74) is 6.75. The van der Waals surface area contributed by atoms with Gasteiger partial charge >= 0.3 is 0 Å². The summed E-state index contributed by atoms with van der Waals surface area (Å²) < 4.78 is 5.64. The van der Waals surface area contributed by atoms with Crippen molar-refractivity contribution in [1.82, 2.24) is 5.32 Å². The highest BCUT2D eigenvalue weighted by molar-refractivity contribution is 5.80. The van der Waals surface area contributed by atoms with E-state index in [1.165, 1.54) is 0 Å². The summed E-state index contributed by atoms with van der Waals surface area (Å²) in [6.45, 7) is 3.95. The Kier molecular flexibility index (Phi) is 5.00. The lowest BCUT2D eigenvalue weighted by Gasteiger charge is -2.22. The van der Waals surface area contributed by atoms with Crippen LogP contribution in [-0.2, 0) is 0 Å². The molecule has 0 radical (unpaired) electrons. The molecule has 2 aromatic rings. The number of nitrogens with one attached hydrogen (secondary N) is 1. The number of nitrogens with zero attached hydrogens (tertiary/aromatic N) is 1. The largest absolute Gasteiger partial charge is 0.465 e. The van der Waals surface area contributed by atoms with Crippen LogP contribution in [0.1, 0.15) is 42.5 Å². The van der Waals surface area contributed by atoms with Crippen LogP contribution in [0, 0.1) is 6.92 Å². The summed E-state index contributed by atoms with van der Waals surface area (Å²) >= 11 is 0. The molecule has 0 amide bonds. The summed E-state index contributed by atoms with van der Waals surface area (Å²) in [5.74, 6) is 1.94. The Labute approximate surface area is 124 Å². The van der Waals surface area contributed by atoms with Gasteiger partial charge in [0.25, 0.3) is 0 Å². The van der Waals surface area contributed by atoms with Gasteiger partial charge in [-0.2, -0.15) is 0 Å². The van der Waals surface area contributed by atoms with Gasteiger partial charge in [0.2, 0.25) is 0 Å². The first-order chi connectivity index (χ1) is 10.1. The van der Waals surface area contributed by atoms with Crippen molar-refractivity contribution in [3.05, 3.63) is 59.5 Å². The Morgan fingerprint density at radius 3 is 2.57 bits per heavy atom. The minimum absolute atomic E-state index is 0.0235. The van der Waals surface area contributed by atoms with Crippen molar-refractivity contribution >= 4 is 5.84 Å². The van der Waals surface area contributed by atoms with Crippen molar-refractivity contribution in [2.75, 3.05) is 0 Å². The molecule has 1 aromatic heterocycles. The highest BCUT2D eigenvalue weighted by atomic mass is 16.4. The van der Waals surface area contributed by atoms with Crippen LogP contribution in [-0.4, -0.2) is 11.0 Å². The fourth-order valence-electron chi connectivity index (χ4n) is 2.28. The number of hydrogen-bond donors (Lipinski definition) is 3. The zero-order valence-corrected chi connectivity index (χ0v) is 12.3. The summed E-state index contributed by atoms with van der Waals surface area (Å²) in [4.78, 5) is 0. The van der Waals surface area contributed by atoms with Crippen molar-refractivity contribution in [2.45, 2.75) is 32.4 Å². The molecule has 0 saturated carbocycles. The average molecular weight is 287 g/mol. The summed E-state index contributed by atoms with van der Waals surface area (Å²) in [6, 6.07) is 13.8. The molecule has 0 spiro atoms. The molecule has 4 N–H and O–H groups in total. The SMILES string of the molecule is Cc1ccc(C(C)NC(CC(N)=NO)c2ccccc2)o1. The number of furan rings is 1. The maximum absolute atomic E-state index is 8.80. The number of aryl methyl sites for hydroxylation is 1. The second kappa shape index (κ2) is 6.95. The van der Waals surface area contributed by atoms with Gasteiger partial charge in [0.15, 0.2) is 0 Å². The molecule has 0 bridgehead atoms. The van der Waals surface area contributed by atoms with Gasteiger partial charge in [-0.25, -0.2) is 0 Å². The predicted molar refractivity (Wildman–Crippen MR) is 82.2 cm³/mol. The van der Waals surface area contributed by atoms with E-state index in [2.05, 4.69) is 10.5 Å². The molecular weight excluding hydrogens is 266 g/mol. The summed E-state index contributed by atoms with van der Waals surface area (Å²) in [5, 5.41) is 15.3. The lowest BCUT2D eigenvalue weighted by atomic mass is 10.0. The molecule has 21 heavy (non-hydrogen) atoms. The number of benzene rings is 1. The molecule has 2 unspecified atom stereocenters. The van der Waals surface area contributed by atoms with Gasteiger partial charge in [-0.15, -0.1) is 0 Å². The summed E-state index contributed by atoms with van der Waals surface area (Å²) in [6.07, 6.45) is 0.421. The van der Waals surface area contributed by atoms with E-state index in [-0.39, 0.29) is 17.9 Å². The van der Waals surface area contributed by atoms with Crippen LogP contribution < -0.4 is 11.1 Å². The van der Waals surface area contributed by atoms with Crippen molar-refractivity contribution in [3.8, 4) is 0 Å². The summed E-state index contributed by atoms with van der Waals surface area (Å²) in [7, 11) is 0. The number of amidine groups is 1. The normalized spacial score (nSPS) is 14.9. The number of hydrogen-bond acceptors (Lipinski definition) is 4. The Morgan fingerprint density at radius 2 is 2.00 bits per heavy atom. The maximum atomic E-state index is 8.80. The first-order valence-corrected chi connectivity index (χ1v) is 6.94. The van der Waals surface area contributed by atoms with E-state index >= 15 is 0 Å². The Morgan fingerprint density at radius 1 is 1.29 bits per heavy atom. The number of rotatable bonds is 6. The Balaban J connectivity index is 2.16. The minimum Gasteiger partial charge on any atom is -0.465 e. The Bertz CT molecular complexity index is 593. The van der Waals surface area contributed by atoms with E-state index in [0.29, 0.717) is 6.42 Å². The monoisotopic (exact) mass is 287 g/mol. The van der Waals surface area contributed by atoms with Crippen LogP contribution in [0.2, 0.25) is 0 Å². The molecular formula is C16H21N3O2. The van der Waals surface area contributed by atoms with Crippen LogP contribution in [0.4, 0.5) is 0 Å². The van der Waals surface area contributed by atoms with Crippen molar-refractivity contribution in [2.24, 2.45) is 10.9 Å². The van der Waals surface area contributed by atoms with Gasteiger partial charge in [0, 0.05) is 12.5 Å². The molecule has 0 saturated heterocycles. The number of nitrogens with two attached hydrogens (primary N) is 1. The van der Waals surface area contributed by atoms with Crippen molar-refractivity contribution < 1.29 is 9.62 Å². The molecule has 2 atom stereocenters. The molecule has 1 aromatic carbocycles. The average Bonchev–Trinajstić information content (AvgIpc) is 2.94. The third-order valence-electron chi connectivity index (χ3n) is 3.38. The van der Waals surface area contributed by atoms with Crippen molar-refractivity contribution in [1.29, 1.82) is 0 Å². The Hall–Kier alpha value is -2.27. The van der Waals surface area contributed by atoms with E-state index in [1.54, 1.807) is 0 Å². The molecule has 0 aliphatic heterocycles. The smallest absolute Gasteiger partial charge is 0.141 e. The van der Waals surface area contributed by atoms with E-state index < -0.39 is 0 Å². The molecule has 0 fully saturated rings. The lowest BCUT2D eigenvalue weighted by molar-refractivity contribution is 0.314. The van der Waals surface area contributed by atoms with Crippen LogP contribution >= 0.6 is 0 Å². The molecule has 0 aliphatic carbocycles. The van der Waals surface area contributed by atoms with Crippen molar-refractivity contribution in [3.63, 3.8) is 0 Å². The first kappa shape index (κ1) is 15.1. The predicted octanol–water partition coefficient (Wildman–Crippen LogP) is 3.12. The van der Waals surface area contributed by atoms with Gasteiger partial charge < -0.3 is 20.7 Å². The minimum atomic E-state index is -0.0532. The zero-order valence-electron chi connectivity index (χ0n) is 12.3. The topological polar surface area (TPSA) is 83.8 Å². The quantitative estimate of drug-likeness (QED) is 0.330. The molecule has 5 heteroatoms. The van der Waals surface area contributed by atoms with E-state index in [4.69, 9.17) is 15.4 Å². The first-order valence-electron chi connectivity index (χ1n) is 6.94. The van der Waals surface area contributed by atoms with Gasteiger partial charge in [-0.1, -0.05) is 35.5 Å². The molecule has 1 heterocycles. The second-order valence-electron chi connectivity index (χ2n) is 5.10. The second-order valence-corrected chi connectivity index (χ2v) is 5.10. The van der Waals surface area contributed by atoms with Crippen LogP contribution in [0.5, 0.6) is 0 Å². The third kappa shape index (κ3) is 4.10. The standard InChI is InChI=1S/C16H21N3O2/c1-11-8-9-15(21-11)12(2)18-14(10-16(17)19-20)13-6-4-3-5-7-13/h3-9,12,14,18,20H,10H2,1-2H3,(H2,17,19). The highest BCUT2D eigenvalue weighted by Gasteiger charge is 2.18. The fourth-order valence-corrected chi connectivity index (χ4v) is 2.28. The van der Waals surface area contributed by atoms with Crippen LogP contribution in [0.15, 0.2) is 52.0 Å². The van der Waals surface area contributed by atoms with Gasteiger partial charge in [-0.3, -0.25) is 0 Å². The fraction of sp³-hybridized carbons (Fsp3) is 0.312. The van der Waals surface area contributed by atoms with E-state index in [9.17, 15) is 0 Å². The van der Waals surface area contributed by atoms with Gasteiger partial charge in [-0.05, 0) is 31.5 Å². The lowest BCUT2D eigenvalue weighted by Crippen LogP contribution is -2.29. The molecule has 0 aliphatic rings. The third-order valence-corrected chi connectivity index (χ3v) is 3.38.